The molecule has 1 unspecified atom stereocenters. The monoisotopic (exact) mass is 311 g/mol. The summed E-state index contributed by atoms with van der Waals surface area (Å²) in [6.45, 7) is 5.40. The number of nitrogens with two attached hydrogens (primary N) is 1. The molecular formula is C19H25N3O. The lowest BCUT2D eigenvalue weighted by Gasteiger charge is -2.12. The molecule has 0 spiro atoms. The van der Waals surface area contributed by atoms with Gasteiger partial charge in [0.1, 0.15) is 0 Å². The molecule has 1 saturated carbocycles. The first-order chi connectivity index (χ1) is 11.1. The van der Waals surface area contributed by atoms with E-state index in [0.29, 0.717) is 12.5 Å². The zero-order valence-electron chi connectivity index (χ0n) is 13.9. The van der Waals surface area contributed by atoms with Crippen molar-refractivity contribution in [1.29, 1.82) is 0 Å². The first kappa shape index (κ1) is 15.8. The van der Waals surface area contributed by atoms with Gasteiger partial charge in [-0.1, -0.05) is 30.3 Å². The second kappa shape index (κ2) is 6.59. The third-order valence-corrected chi connectivity index (χ3v) is 4.73. The highest BCUT2D eigenvalue weighted by atomic mass is 16.1. The fraction of sp³-hybridized carbons (Fsp3) is 0.421. The Bertz CT molecular complexity index is 686. The molecule has 122 valence electrons. The minimum Gasteiger partial charge on any atom is -0.350 e. The normalized spacial score (nSPS) is 15.4. The van der Waals surface area contributed by atoms with Crippen LogP contribution in [-0.4, -0.2) is 23.1 Å². The van der Waals surface area contributed by atoms with Gasteiger partial charge < -0.3 is 15.6 Å². The maximum atomic E-state index is 12.5. The van der Waals surface area contributed by atoms with Crippen molar-refractivity contribution < 1.29 is 4.79 Å². The number of aryl methyl sites for hydroxylation is 1. The summed E-state index contributed by atoms with van der Waals surface area (Å²) in [6, 6.07) is 12.4. The molecule has 2 aromatic rings. The van der Waals surface area contributed by atoms with Gasteiger partial charge in [0, 0.05) is 30.5 Å². The van der Waals surface area contributed by atoms with Crippen LogP contribution in [0.3, 0.4) is 0 Å². The quantitative estimate of drug-likeness (QED) is 0.861. The highest BCUT2D eigenvalue weighted by molar-refractivity contribution is 5.95. The van der Waals surface area contributed by atoms with E-state index in [0.717, 1.165) is 23.5 Å². The van der Waals surface area contributed by atoms with E-state index in [1.807, 2.05) is 38.1 Å². The van der Waals surface area contributed by atoms with E-state index < -0.39 is 0 Å². The molecule has 3 rings (SSSR count). The van der Waals surface area contributed by atoms with E-state index in [4.69, 9.17) is 5.73 Å². The molecule has 0 radical (unpaired) electrons. The van der Waals surface area contributed by atoms with Gasteiger partial charge in [0.15, 0.2) is 0 Å². The Morgan fingerprint density at radius 1 is 1.30 bits per heavy atom. The number of carbonyl (C=O) groups excluding carboxylic acids is 1. The Morgan fingerprint density at radius 3 is 2.65 bits per heavy atom. The molecule has 3 N–H and O–H groups in total. The van der Waals surface area contributed by atoms with Gasteiger partial charge in [-0.2, -0.15) is 0 Å². The van der Waals surface area contributed by atoms with Gasteiger partial charge in [-0.05, 0) is 44.2 Å². The summed E-state index contributed by atoms with van der Waals surface area (Å²) in [5.74, 6) is 0.578. The van der Waals surface area contributed by atoms with Crippen LogP contribution in [0.4, 0.5) is 0 Å². The molecular weight excluding hydrogens is 286 g/mol. The molecule has 1 amide bonds. The van der Waals surface area contributed by atoms with Gasteiger partial charge >= 0.3 is 0 Å². The first-order valence-corrected chi connectivity index (χ1v) is 8.30. The van der Waals surface area contributed by atoms with Crippen LogP contribution >= 0.6 is 0 Å². The summed E-state index contributed by atoms with van der Waals surface area (Å²) in [4.78, 5) is 12.5. The zero-order valence-corrected chi connectivity index (χ0v) is 13.9. The number of carbonyl (C=O) groups is 1. The largest absolute Gasteiger partial charge is 0.350 e. The maximum Gasteiger partial charge on any atom is 0.253 e. The Hall–Kier alpha value is -2.07. The summed E-state index contributed by atoms with van der Waals surface area (Å²) in [7, 11) is 0. The van der Waals surface area contributed by atoms with E-state index in [9.17, 15) is 4.79 Å². The first-order valence-electron chi connectivity index (χ1n) is 8.30. The van der Waals surface area contributed by atoms with Crippen LogP contribution in [0.5, 0.6) is 0 Å². The van der Waals surface area contributed by atoms with E-state index in [2.05, 4.69) is 22.0 Å². The van der Waals surface area contributed by atoms with Crippen molar-refractivity contribution in [3.05, 3.63) is 58.9 Å². The maximum absolute atomic E-state index is 12.5. The average molecular weight is 311 g/mol. The molecule has 1 fully saturated rings. The SMILES string of the molecule is Cc1cc(C(=O)NCC(N)C2CC2)c(C)n1Cc1ccccc1. The highest BCUT2D eigenvalue weighted by Crippen LogP contribution is 2.31. The molecule has 1 aliphatic rings. The van der Waals surface area contributed by atoms with Crippen molar-refractivity contribution in [2.45, 2.75) is 39.3 Å². The summed E-state index contributed by atoms with van der Waals surface area (Å²) >= 11 is 0. The Labute approximate surface area is 137 Å². The molecule has 1 aromatic heterocycles. The Kier molecular flexibility index (Phi) is 4.53. The van der Waals surface area contributed by atoms with Gasteiger partial charge in [-0.3, -0.25) is 4.79 Å². The summed E-state index contributed by atoms with van der Waals surface area (Å²) in [5.41, 5.74) is 10.1. The number of hydrogen-bond donors (Lipinski definition) is 2. The zero-order chi connectivity index (χ0) is 16.4. The van der Waals surface area contributed by atoms with Crippen LogP contribution in [-0.2, 0) is 6.54 Å². The van der Waals surface area contributed by atoms with Gasteiger partial charge in [0.2, 0.25) is 0 Å². The second-order valence-electron chi connectivity index (χ2n) is 6.57. The molecule has 1 aliphatic carbocycles. The molecule has 4 heteroatoms. The molecule has 23 heavy (non-hydrogen) atoms. The summed E-state index contributed by atoms with van der Waals surface area (Å²) in [6.07, 6.45) is 2.39. The van der Waals surface area contributed by atoms with Crippen LogP contribution in [0.1, 0.15) is 40.2 Å². The molecule has 4 nitrogen and oxygen atoms in total. The number of nitrogens with one attached hydrogen (secondary N) is 1. The molecule has 0 bridgehead atoms. The molecule has 1 aromatic carbocycles. The van der Waals surface area contributed by atoms with Crippen molar-refractivity contribution in [2.75, 3.05) is 6.54 Å². The third kappa shape index (κ3) is 3.64. The number of rotatable bonds is 6. The number of benzene rings is 1. The standard InChI is InChI=1S/C19H25N3O/c1-13-10-17(19(23)21-11-18(20)16-8-9-16)14(2)22(13)12-15-6-4-3-5-7-15/h3-7,10,16,18H,8-9,11-12,20H2,1-2H3,(H,21,23). The molecule has 0 saturated heterocycles. The van der Waals surface area contributed by atoms with E-state index in [1.54, 1.807) is 0 Å². The van der Waals surface area contributed by atoms with Gasteiger partial charge in [-0.25, -0.2) is 0 Å². The minimum absolute atomic E-state index is 0.0199. The van der Waals surface area contributed by atoms with Gasteiger partial charge in [0.25, 0.3) is 5.91 Å². The van der Waals surface area contributed by atoms with Crippen molar-refractivity contribution in [3.8, 4) is 0 Å². The highest BCUT2D eigenvalue weighted by Gasteiger charge is 2.28. The lowest BCUT2D eigenvalue weighted by molar-refractivity contribution is 0.0949. The van der Waals surface area contributed by atoms with Crippen LogP contribution in [0.2, 0.25) is 0 Å². The second-order valence-corrected chi connectivity index (χ2v) is 6.57. The van der Waals surface area contributed by atoms with E-state index in [1.165, 1.54) is 18.4 Å². The van der Waals surface area contributed by atoms with Crippen molar-refractivity contribution in [1.82, 2.24) is 9.88 Å². The number of amides is 1. The third-order valence-electron chi connectivity index (χ3n) is 4.73. The number of hydrogen-bond acceptors (Lipinski definition) is 2. The van der Waals surface area contributed by atoms with Crippen molar-refractivity contribution in [2.24, 2.45) is 11.7 Å². The number of nitrogens with zero attached hydrogens (tertiary/aromatic N) is 1. The van der Waals surface area contributed by atoms with Crippen molar-refractivity contribution >= 4 is 5.91 Å². The van der Waals surface area contributed by atoms with Gasteiger partial charge in [-0.15, -0.1) is 0 Å². The Morgan fingerprint density at radius 2 is 2.00 bits per heavy atom. The van der Waals surface area contributed by atoms with Gasteiger partial charge in [0.05, 0.1) is 5.56 Å². The van der Waals surface area contributed by atoms with E-state index in [-0.39, 0.29) is 11.9 Å². The smallest absolute Gasteiger partial charge is 0.253 e. The predicted octanol–water partition coefficient (Wildman–Crippen LogP) is 2.62. The van der Waals surface area contributed by atoms with Crippen LogP contribution in [0.25, 0.3) is 0 Å². The van der Waals surface area contributed by atoms with Crippen LogP contribution in [0, 0.1) is 19.8 Å². The Balaban J connectivity index is 1.70. The molecule has 0 aliphatic heterocycles. The van der Waals surface area contributed by atoms with Crippen LogP contribution < -0.4 is 11.1 Å². The topological polar surface area (TPSA) is 60.1 Å². The van der Waals surface area contributed by atoms with E-state index >= 15 is 0 Å². The lowest BCUT2D eigenvalue weighted by atomic mass is 10.2. The fourth-order valence-electron chi connectivity index (χ4n) is 3.04. The molecule has 1 atom stereocenters. The summed E-state index contributed by atoms with van der Waals surface area (Å²) in [5, 5.41) is 2.99. The summed E-state index contributed by atoms with van der Waals surface area (Å²) < 4.78 is 2.19. The number of aromatic nitrogens is 1. The van der Waals surface area contributed by atoms with Crippen molar-refractivity contribution in [3.63, 3.8) is 0 Å². The predicted molar refractivity (Wildman–Crippen MR) is 92.5 cm³/mol. The minimum atomic E-state index is -0.0199. The average Bonchev–Trinajstić information content (AvgIpc) is 3.36. The van der Waals surface area contributed by atoms with Crippen LogP contribution in [0.15, 0.2) is 36.4 Å². The lowest BCUT2D eigenvalue weighted by Crippen LogP contribution is -2.38. The fourth-order valence-corrected chi connectivity index (χ4v) is 3.04. The molecule has 1 heterocycles.